The molecule has 0 aromatic heterocycles. The van der Waals surface area contributed by atoms with Gasteiger partial charge in [-0.2, -0.15) is 0 Å². The molecule has 1 aromatic rings. The molecule has 0 spiro atoms. The van der Waals surface area contributed by atoms with E-state index in [4.69, 9.17) is 4.74 Å². The Morgan fingerprint density at radius 1 is 1.31 bits per heavy atom. The molecule has 0 bridgehead atoms. The van der Waals surface area contributed by atoms with Crippen molar-refractivity contribution in [1.82, 2.24) is 0 Å². The number of aliphatic hydroxyl groups is 1. The lowest BCUT2D eigenvalue weighted by atomic mass is 9.83. The Morgan fingerprint density at radius 2 is 1.94 bits per heavy atom. The maximum atomic E-state index is 10.2. The molecule has 0 heterocycles. The van der Waals surface area contributed by atoms with E-state index in [9.17, 15) is 5.11 Å². The van der Waals surface area contributed by atoms with Gasteiger partial charge in [-0.3, -0.25) is 0 Å². The summed E-state index contributed by atoms with van der Waals surface area (Å²) in [7, 11) is 0. The summed E-state index contributed by atoms with van der Waals surface area (Å²) in [5.74, 6) is 0.866. The normalized spacial score (nSPS) is 13.6. The van der Waals surface area contributed by atoms with Gasteiger partial charge < -0.3 is 9.84 Å². The molecule has 1 unspecified atom stereocenters. The summed E-state index contributed by atoms with van der Waals surface area (Å²) < 4.78 is 5.43. The van der Waals surface area contributed by atoms with Crippen LogP contribution in [0, 0.1) is 12.3 Å². The Bertz CT molecular complexity index is 350. The second-order valence-corrected chi connectivity index (χ2v) is 5.22. The Labute approximate surface area is 98.3 Å². The van der Waals surface area contributed by atoms with Crippen LogP contribution < -0.4 is 4.74 Å². The highest BCUT2D eigenvalue weighted by atomic mass is 16.5. The largest absolute Gasteiger partial charge is 0.494 e. The summed E-state index contributed by atoms with van der Waals surface area (Å²) in [5, 5.41) is 10.2. The van der Waals surface area contributed by atoms with Crippen LogP contribution >= 0.6 is 0 Å². The van der Waals surface area contributed by atoms with Crippen molar-refractivity contribution in [1.29, 1.82) is 0 Å². The lowest BCUT2D eigenvalue weighted by Gasteiger charge is -2.27. The van der Waals surface area contributed by atoms with Crippen LogP contribution in [0.15, 0.2) is 18.2 Å². The average Bonchev–Trinajstić information content (AvgIpc) is 2.16. The van der Waals surface area contributed by atoms with Gasteiger partial charge in [-0.05, 0) is 42.5 Å². The first kappa shape index (κ1) is 13.0. The molecule has 0 saturated heterocycles. The molecule has 0 saturated carbocycles. The monoisotopic (exact) mass is 222 g/mol. The van der Waals surface area contributed by atoms with E-state index >= 15 is 0 Å². The molecule has 1 atom stereocenters. The number of ether oxygens (including phenoxy) is 1. The van der Waals surface area contributed by atoms with E-state index < -0.39 is 6.10 Å². The highest BCUT2D eigenvalue weighted by Gasteiger charge is 2.25. The number of benzene rings is 1. The van der Waals surface area contributed by atoms with Crippen molar-refractivity contribution in [3.05, 3.63) is 29.3 Å². The second-order valence-electron chi connectivity index (χ2n) is 5.22. The molecule has 1 N–H and O–H groups in total. The summed E-state index contributed by atoms with van der Waals surface area (Å²) in [5.41, 5.74) is 1.92. The number of aryl methyl sites for hydroxylation is 1. The van der Waals surface area contributed by atoms with Crippen LogP contribution in [0.4, 0.5) is 0 Å². The van der Waals surface area contributed by atoms with Gasteiger partial charge in [0.25, 0.3) is 0 Å². The highest BCUT2D eigenvalue weighted by Crippen LogP contribution is 2.35. The zero-order valence-electron chi connectivity index (χ0n) is 10.9. The third kappa shape index (κ3) is 2.99. The summed E-state index contributed by atoms with van der Waals surface area (Å²) in [4.78, 5) is 0. The molecule has 0 aliphatic heterocycles. The van der Waals surface area contributed by atoms with Crippen LogP contribution in [0.2, 0.25) is 0 Å². The summed E-state index contributed by atoms with van der Waals surface area (Å²) >= 11 is 0. The Hall–Kier alpha value is -1.02. The minimum atomic E-state index is -0.442. The maximum Gasteiger partial charge on any atom is 0.119 e. The fourth-order valence-corrected chi connectivity index (χ4v) is 1.68. The first-order valence-corrected chi connectivity index (χ1v) is 5.77. The lowest BCUT2D eigenvalue weighted by molar-refractivity contribution is 0.0621. The first-order chi connectivity index (χ1) is 7.36. The molecule has 1 rings (SSSR count). The third-order valence-corrected chi connectivity index (χ3v) is 2.67. The average molecular weight is 222 g/mol. The Balaban J connectivity index is 2.99. The molecule has 1 aromatic carbocycles. The van der Waals surface area contributed by atoms with Crippen molar-refractivity contribution < 1.29 is 9.84 Å². The molecule has 90 valence electrons. The van der Waals surface area contributed by atoms with Gasteiger partial charge in [0.05, 0.1) is 12.7 Å². The van der Waals surface area contributed by atoms with Crippen LogP contribution in [0.3, 0.4) is 0 Å². The standard InChI is InChI=1S/C14H22O2/c1-6-16-11-7-8-12(10(2)9-11)13(15)14(3,4)5/h7-9,13,15H,6H2,1-5H3. The maximum absolute atomic E-state index is 10.2. The molecule has 16 heavy (non-hydrogen) atoms. The molecule has 0 fully saturated rings. The van der Waals surface area contributed by atoms with E-state index in [1.165, 1.54) is 0 Å². The van der Waals surface area contributed by atoms with E-state index in [0.717, 1.165) is 16.9 Å². The van der Waals surface area contributed by atoms with Crippen molar-refractivity contribution in [2.24, 2.45) is 5.41 Å². The molecular formula is C14H22O2. The predicted octanol–water partition coefficient (Wildman–Crippen LogP) is 3.47. The van der Waals surface area contributed by atoms with E-state index in [2.05, 4.69) is 0 Å². The minimum Gasteiger partial charge on any atom is -0.494 e. The van der Waals surface area contributed by atoms with Crippen molar-refractivity contribution in [3.63, 3.8) is 0 Å². The summed E-state index contributed by atoms with van der Waals surface area (Å²) in [6.07, 6.45) is -0.442. The SMILES string of the molecule is CCOc1ccc(C(O)C(C)(C)C)c(C)c1. The van der Waals surface area contributed by atoms with Gasteiger partial charge >= 0.3 is 0 Å². The number of hydrogen-bond acceptors (Lipinski definition) is 2. The fourth-order valence-electron chi connectivity index (χ4n) is 1.68. The van der Waals surface area contributed by atoms with E-state index in [-0.39, 0.29) is 5.41 Å². The summed E-state index contributed by atoms with van der Waals surface area (Å²) in [6, 6.07) is 5.85. The molecule has 0 amide bonds. The van der Waals surface area contributed by atoms with Gasteiger partial charge in [-0.15, -0.1) is 0 Å². The molecular weight excluding hydrogens is 200 g/mol. The number of hydrogen-bond donors (Lipinski definition) is 1. The zero-order chi connectivity index (χ0) is 12.3. The van der Waals surface area contributed by atoms with Crippen molar-refractivity contribution in [3.8, 4) is 5.75 Å². The van der Waals surface area contributed by atoms with Crippen LogP contribution in [0.5, 0.6) is 5.75 Å². The number of rotatable bonds is 3. The van der Waals surface area contributed by atoms with Gasteiger partial charge in [0.2, 0.25) is 0 Å². The fraction of sp³-hybridized carbons (Fsp3) is 0.571. The van der Waals surface area contributed by atoms with Crippen molar-refractivity contribution >= 4 is 0 Å². The molecule has 0 aliphatic carbocycles. The van der Waals surface area contributed by atoms with Crippen molar-refractivity contribution in [2.75, 3.05) is 6.61 Å². The zero-order valence-corrected chi connectivity index (χ0v) is 10.9. The first-order valence-electron chi connectivity index (χ1n) is 5.77. The topological polar surface area (TPSA) is 29.5 Å². The van der Waals surface area contributed by atoms with Crippen LogP contribution in [-0.2, 0) is 0 Å². The van der Waals surface area contributed by atoms with Gasteiger partial charge in [0.15, 0.2) is 0 Å². The quantitative estimate of drug-likeness (QED) is 0.848. The lowest BCUT2D eigenvalue weighted by Crippen LogP contribution is -2.18. The Kier molecular flexibility index (Phi) is 3.98. The van der Waals surface area contributed by atoms with E-state index in [1.807, 2.05) is 52.8 Å². The molecule has 2 heteroatoms. The van der Waals surface area contributed by atoms with Crippen LogP contribution in [0.25, 0.3) is 0 Å². The molecule has 2 nitrogen and oxygen atoms in total. The Morgan fingerprint density at radius 3 is 2.38 bits per heavy atom. The van der Waals surface area contributed by atoms with Gasteiger partial charge in [-0.25, -0.2) is 0 Å². The van der Waals surface area contributed by atoms with Crippen LogP contribution in [0.1, 0.15) is 44.9 Å². The second kappa shape index (κ2) is 4.88. The van der Waals surface area contributed by atoms with E-state index in [1.54, 1.807) is 0 Å². The van der Waals surface area contributed by atoms with E-state index in [0.29, 0.717) is 6.61 Å². The predicted molar refractivity (Wildman–Crippen MR) is 66.8 cm³/mol. The smallest absolute Gasteiger partial charge is 0.119 e. The molecule has 0 aliphatic rings. The minimum absolute atomic E-state index is 0.141. The molecule has 0 radical (unpaired) electrons. The number of aliphatic hydroxyl groups excluding tert-OH is 1. The van der Waals surface area contributed by atoms with Gasteiger partial charge in [0.1, 0.15) is 5.75 Å². The van der Waals surface area contributed by atoms with Gasteiger partial charge in [-0.1, -0.05) is 26.8 Å². The van der Waals surface area contributed by atoms with Crippen LogP contribution in [-0.4, -0.2) is 11.7 Å². The summed E-state index contributed by atoms with van der Waals surface area (Å²) in [6.45, 7) is 10.7. The van der Waals surface area contributed by atoms with Gasteiger partial charge in [0, 0.05) is 0 Å². The third-order valence-electron chi connectivity index (χ3n) is 2.67. The highest BCUT2D eigenvalue weighted by molar-refractivity contribution is 5.36. The van der Waals surface area contributed by atoms with Crippen molar-refractivity contribution in [2.45, 2.75) is 40.7 Å².